The molecular weight excluding hydrogens is 196 g/mol. The number of rotatable bonds is 10. The van der Waals surface area contributed by atoms with Crippen molar-refractivity contribution in [3.05, 3.63) is 0 Å². The maximum Gasteiger partial charge on any atom is 0.171 e. The fourth-order valence-corrected chi connectivity index (χ4v) is 2.22. The summed E-state index contributed by atoms with van der Waals surface area (Å²) >= 11 is 0. The minimum Gasteiger partial charge on any atom is -0.466 e. The molecule has 0 fully saturated rings. The predicted octanol–water partition coefficient (Wildman–Crippen LogP) is 0.702. The van der Waals surface area contributed by atoms with Gasteiger partial charge in [-0.3, -0.25) is 0 Å². The van der Waals surface area contributed by atoms with Gasteiger partial charge in [-0.2, -0.15) is 0 Å². The molecular formula is C9H24O2Si2. The van der Waals surface area contributed by atoms with Gasteiger partial charge in [-0.1, -0.05) is 39.0 Å². The zero-order valence-electron chi connectivity index (χ0n) is 9.18. The van der Waals surface area contributed by atoms with Gasteiger partial charge in [0.1, 0.15) is 10.5 Å². The lowest BCUT2D eigenvalue weighted by atomic mass is 10.1. The predicted molar refractivity (Wildman–Crippen MR) is 63.8 cm³/mol. The fourth-order valence-electron chi connectivity index (χ4n) is 1.23. The molecule has 13 heavy (non-hydrogen) atoms. The lowest BCUT2D eigenvalue weighted by molar-refractivity contribution is 0.166. The van der Waals surface area contributed by atoms with Gasteiger partial charge in [0, 0.05) is 6.61 Å². The summed E-state index contributed by atoms with van der Waals surface area (Å²) in [6.07, 6.45) is 8.99. The molecule has 0 saturated heterocycles. The van der Waals surface area contributed by atoms with E-state index in [-0.39, 0.29) is 9.76 Å². The number of ether oxygens (including phenoxy) is 1. The van der Waals surface area contributed by atoms with Gasteiger partial charge in [0.2, 0.25) is 0 Å². The first-order valence-electron chi connectivity index (χ1n) is 5.48. The summed E-state index contributed by atoms with van der Waals surface area (Å²) in [5.41, 5.74) is 0. The van der Waals surface area contributed by atoms with Gasteiger partial charge < -0.3 is 8.85 Å². The summed E-state index contributed by atoms with van der Waals surface area (Å²) < 4.78 is 10.6. The standard InChI is InChI=1S/C9H24O2Si2/c1-2-3-4-5-6-7-8-10-9-13-11-12/h2-9,13H2,1,12H3. The average molecular weight is 220 g/mol. The zero-order valence-corrected chi connectivity index (χ0v) is 12.6. The molecule has 0 radical (unpaired) electrons. The highest BCUT2D eigenvalue weighted by atomic mass is 28.3. The first-order chi connectivity index (χ1) is 6.41. The molecule has 0 heterocycles. The van der Waals surface area contributed by atoms with Crippen molar-refractivity contribution in [3.63, 3.8) is 0 Å². The Balaban J connectivity index is 2.76. The Morgan fingerprint density at radius 3 is 2.46 bits per heavy atom. The van der Waals surface area contributed by atoms with Crippen molar-refractivity contribution >= 4 is 20.2 Å². The largest absolute Gasteiger partial charge is 0.466 e. The molecule has 0 saturated carbocycles. The van der Waals surface area contributed by atoms with Gasteiger partial charge in [0.15, 0.2) is 9.76 Å². The minimum atomic E-state index is -0.286. The Bertz CT molecular complexity index is 81.7. The normalized spacial score (nSPS) is 11.8. The Morgan fingerprint density at radius 2 is 1.77 bits per heavy atom. The third kappa shape index (κ3) is 12.4. The lowest BCUT2D eigenvalue weighted by Gasteiger charge is -2.02. The fraction of sp³-hybridized carbons (Fsp3) is 1.00. The molecule has 0 aromatic carbocycles. The van der Waals surface area contributed by atoms with Crippen LogP contribution in [0.3, 0.4) is 0 Å². The van der Waals surface area contributed by atoms with E-state index >= 15 is 0 Å². The van der Waals surface area contributed by atoms with E-state index < -0.39 is 0 Å². The summed E-state index contributed by atoms with van der Waals surface area (Å²) in [5.74, 6) is 0. The highest BCUT2D eigenvalue weighted by Crippen LogP contribution is 2.04. The molecule has 0 N–H and O–H groups in total. The van der Waals surface area contributed by atoms with Crippen molar-refractivity contribution in [2.75, 3.05) is 12.8 Å². The summed E-state index contributed by atoms with van der Waals surface area (Å²) in [6.45, 7) is 3.20. The molecule has 0 aliphatic rings. The molecule has 0 spiro atoms. The minimum absolute atomic E-state index is 0.286. The van der Waals surface area contributed by atoms with Crippen LogP contribution >= 0.6 is 0 Å². The molecule has 0 amide bonds. The van der Waals surface area contributed by atoms with E-state index in [2.05, 4.69) is 6.92 Å². The monoisotopic (exact) mass is 220 g/mol. The van der Waals surface area contributed by atoms with Crippen molar-refractivity contribution < 1.29 is 8.85 Å². The molecule has 0 aliphatic heterocycles. The molecule has 0 atom stereocenters. The van der Waals surface area contributed by atoms with Gasteiger partial charge in [-0.25, -0.2) is 0 Å². The van der Waals surface area contributed by atoms with E-state index in [1.807, 2.05) is 0 Å². The Kier molecular flexibility index (Phi) is 12.7. The van der Waals surface area contributed by atoms with Crippen LogP contribution < -0.4 is 0 Å². The third-order valence-electron chi connectivity index (χ3n) is 2.07. The van der Waals surface area contributed by atoms with Crippen LogP contribution in [0.25, 0.3) is 0 Å². The van der Waals surface area contributed by atoms with Gasteiger partial charge in [0.05, 0.1) is 6.23 Å². The molecule has 0 aromatic heterocycles. The highest BCUT2D eigenvalue weighted by Gasteiger charge is 1.90. The number of unbranched alkanes of at least 4 members (excludes halogenated alkanes) is 5. The topological polar surface area (TPSA) is 18.5 Å². The smallest absolute Gasteiger partial charge is 0.171 e. The van der Waals surface area contributed by atoms with Crippen molar-refractivity contribution in [3.8, 4) is 0 Å². The molecule has 0 bridgehead atoms. The highest BCUT2D eigenvalue weighted by molar-refractivity contribution is 6.34. The zero-order chi connectivity index (χ0) is 9.78. The Morgan fingerprint density at radius 1 is 1.08 bits per heavy atom. The second kappa shape index (κ2) is 12.4. The summed E-state index contributed by atoms with van der Waals surface area (Å²) in [6, 6.07) is 0. The van der Waals surface area contributed by atoms with Crippen molar-refractivity contribution in [2.45, 2.75) is 45.4 Å². The average Bonchev–Trinajstić information content (AvgIpc) is 2.16. The van der Waals surface area contributed by atoms with Crippen molar-refractivity contribution in [1.29, 1.82) is 0 Å². The van der Waals surface area contributed by atoms with Gasteiger partial charge >= 0.3 is 0 Å². The maximum atomic E-state index is 5.44. The molecule has 2 nitrogen and oxygen atoms in total. The van der Waals surface area contributed by atoms with Gasteiger partial charge in [0.25, 0.3) is 0 Å². The van der Waals surface area contributed by atoms with E-state index in [0.717, 1.165) is 23.3 Å². The van der Waals surface area contributed by atoms with Gasteiger partial charge in [-0.05, 0) is 6.42 Å². The van der Waals surface area contributed by atoms with Gasteiger partial charge in [-0.15, -0.1) is 0 Å². The van der Waals surface area contributed by atoms with Crippen LogP contribution in [0.4, 0.5) is 0 Å². The number of hydrogen-bond donors (Lipinski definition) is 0. The molecule has 0 unspecified atom stereocenters. The molecule has 0 aromatic rings. The van der Waals surface area contributed by atoms with Crippen LogP contribution in [0.5, 0.6) is 0 Å². The van der Waals surface area contributed by atoms with E-state index in [0.29, 0.717) is 0 Å². The second-order valence-corrected chi connectivity index (χ2v) is 6.50. The van der Waals surface area contributed by atoms with E-state index in [1.165, 1.54) is 38.5 Å². The third-order valence-corrected chi connectivity index (χ3v) is 4.16. The van der Waals surface area contributed by atoms with Crippen LogP contribution in [-0.2, 0) is 8.85 Å². The first-order valence-corrected chi connectivity index (χ1v) is 7.88. The van der Waals surface area contributed by atoms with Crippen LogP contribution in [0.2, 0.25) is 0 Å². The van der Waals surface area contributed by atoms with Crippen LogP contribution in [0.1, 0.15) is 45.4 Å². The summed E-state index contributed by atoms with van der Waals surface area (Å²) in [5, 5.41) is 0. The lowest BCUT2D eigenvalue weighted by Crippen LogP contribution is -2.07. The quantitative estimate of drug-likeness (QED) is 0.399. The molecule has 0 aliphatic carbocycles. The maximum absolute atomic E-state index is 5.44. The Hall–Kier alpha value is 0.354. The van der Waals surface area contributed by atoms with Crippen LogP contribution in [0.15, 0.2) is 0 Å². The summed E-state index contributed by atoms with van der Waals surface area (Å²) in [7, 11) is 0.605. The van der Waals surface area contributed by atoms with Crippen molar-refractivity contribution in [2.24, 2.45) is 0 Å². The Labute approximate surface area is 87.9 Å². The van der Waals surface area contributed by atoms with Crippen LogP contribution in [-0.4, -0.2) is 33.1 Å². The SMILES string of the molecule is CCCCCCCCOC[SiH2]O[SiH3]. The summed E-state index contributed by atoms with van der Waals surface area (Å²) in [4.78, 5) is 0. The van der Waals surface area contributed by atoms with E-state index in [1.54, 1.807) is 0 Å². The van der Waals surface area contributed by atoms with Crippen molar-refractivity contribution in [1.82, 2.24) is 0 Å². The molecule has 4 heteroatoms. The molecule has 80 valence electrons. The second-order valence-electron chi connectivity index (χ2n) is 3.37. The molecule has 0 rings (SSSR count). The number of hydrogen-bond acceptors (Lipinski definition) is 2. The van der Waals surface area contributed by atoms with Crippen LogP contribution in [0, 0.1) is 0 Å². The first kappa shape index (κ1) is 13.4. The van der Waals surface area contributed by atoms with E-state index in [4.69, 9.17) is 8.85 Å². The van der Waals surface area contributed by atoms with E-state index in [9.17, 15) is 0 Å².